The normalized spacial score (nSPS) is 16.0. The minimum Gasteiger partial charge on any atom is -0.394 e. The maximum absolute atomic E-state index is 9.10. The molecular formula is C8H18O4. The van der Waals surface area contributed by atoms with Crippen LogP contribution >= 0.6 is 0 Å². The Morgan fingerprint density at radius 1 is 1.42 bits per heavy atom. The molecule has 74 valence electrons. The first-order valence-electron chi connectivity index (χ1n) is 4.14. The van der Waals surface area contributed by atoms with Crippen molar-refractivity contribution in [3.8, 4) is 0 Å². The first-order valence-corrected chi connectivity index (χ1v) is 4.14. The Hall–Kier alpha value is -0.160. The molecule has 2 unspecified atom stereocenters. The standard InChI is InChI=1S/C8H18O4/c1-3-12-8(6-11-2)4-7(10)5-9/h7-10H,3-6H2,1-2H3. The highest BCUT2D eigenvalue weighted by atomic mass is 16.5. The molecule has 0 heterocycles. The summed E-state index contributed by atoms with van der Waals surface area (Å²) in [6, 6.07) is 0. The van der Waals surface area contributed by atoms with Crippen molar-refractivity contribution in [2.45, 2.75) is 25.6 Å². The van der Waals surface area contributed by atoms with Crippen molar-refractivity contribution in [1.82, 2.24) is 0 Å². The Morgan fingerprint density at radius 2 is 2.08 bits per heavy atom. The second-order valence-electron chi connectivity index (χ2n) is 2.60. The third-order valence-corrected chi connectivity index (χ3v) is 1.50. The van der Waals surface area contributed by atoms with Gasteiger partial charge in [-0.2, -0.15) is 0 Å². The summed E-state index contributed by atoms with van der Waals surface area (Å²) in [5.74, 6) is 0. The van der Waals surface area contributed by atoms with Crippen LogP contribution in [-0.2, 0) is 9.47 Å². The second-order valence-corrected chi connectivity index (χ2v) is 2.60. The molecule has 0 fully saturated rings. The summed E-state index contributed by atoms with van der Waals surface area (Å²) in [6.07, 6.45) is -0.420. The predicted octanol–water partition coefficient (Wildman–Crippen LogP) is -0.219. The predicted molar refractivity (Wildman–Crippen MR) is 45.0 cm³/mol. The van der Waals surface area contributed by atoms with Crippen molar-refractivity contribution >= 4 is 0 Å². The number of aliphatic hydroxyl groups excluding tert-OH is 2. The summed E-state index contributed by atoms with van der Waals surface area (Å²) in [5, 5.41) is 17.7. The van der Waals surface area contributed by atoms with E-state index in [0.717, 1.165) is 0 Å². The van der Waals surface area contributed by atoms with E-state index < -0.39 is 6.10 Å². The van der Waals surface area contributed by atoms with E-state index in [1.165, 1.54) is 0 Å². The molecule has 0 aliphatic carbocycles. The number of hydrogen-bond acceptors (Lipinski definition) is 4. The third-order valence-electron chi connectivity index (χ3n) is 1.50. The average Bonchev–Trinajstić information content (AvgIpc) is 2.05. The zero-order chi connectivity index (χ0) is 9.40. The number of rotatable bonds is 7. The van der Waals surface area contributed by atoms with Gasteiger partial charge >= 0.3 is 0 Å². The van der Waals surface area contributed by atoms with Gasteiger partial charge in [0.2, 0.25) is 0 Å². The first-order chi connectivity index (χ1) is 5.74. The first kappa shape index (κ1) is 11.8. The van der Waals surface area contributed by atoms with E-state index >= 15 is 0 Å². The molecule has 4 nitrogen and oxygen atoms in total. The molecule has 2 N–H and O–H groups in total. The van der Waals surface area contributed by atoms with E-state index in [-0.39, 0.29) is 12.7 Å². The largest absolute Gasteiger partial charge is 0.394 e. The van der Waals surface area contributed by atoms with Gasteiger partial charge in [-0.3, -0.25) is 0 Å². The van der Waals surface area contributed by atoms with Crippen LogP contribution in [0.5, 0.6) is 0 Å². The van der Waals surface area contributed by atoms with Gasteiger partial charge in [0.15, 0.2) is 0 Å². The second kappa shape index (κ2) is 7.49. The summed E-state index contributed by atoms with van der Waals surface area (Å²) in [7, 11) is 1.58. The molecule has 4 heteroatoms. The molecular weight excluding hydrogens is 160 g/mol. The Balaban J connectivity index is 3.61. The maximum atomic E-state index is 9.10. The lowest BCUT2D eigenvalue weighted by molar-refractivity contribution is -0.0330. The van der Waals surface area contributed by atoms with E-state index in [1.807, 2.05) is 6.92 Å². The fourth-order valence-electron chi connectivity index (χ4n) is 0.984. The fraction of sp³-hybridized carbons (Fsp3) is 1.00. The molecule has 0 amide bonds. The SMILES string of the molecule is CCOC(COC)CC(O)CO. The van der Waals surface area contributed by atoms with Gasteiger partial charge in [-0.05, 0) is 6.92 Å². The quantitative estimate of drug-likeness (QED) is 0.566. The summed E-state index contributed by atoms with van der Waals surface area (Å²) < 4.78 is 10.1. The van der Waals surface area contributed by atoms with Crippen LogP contribution in [0, 0.1) is 0 Å². The van der Waals surface area contributed by atoms with Gasteiger partial charge in [0.1, 0.15) is 0 Å². The van der Waals surface area contributed by atoms with Crippen molar-refractivity contribution in [2.75, 3.05) is 26.9 Å². The van der Waals surface area contributed by atoms with Crippen LogP contribution in [-0.4, -0.2) is 49.4 Å². The van der Waals surface area contributed by atoms with Crippen molar-refractivity contribution in [3.05, 3.63) is 0 Å². The van der Waals surface area contributed by atoms with E-state index in [1.54, 1.807) is 7.11 Å². The molecule has 12 heavy (non-hydrogen) atoms. The fourth-order valence-corrected chi connectivity index (χ4v) is 0.984. The maximum Gasteiger partial charge on any atom is 0.0833 e. The van der Waals surface area contributed by atoms with Crippen LogP contribution in [0.4, 0.5) is 0 Å². The molecule has 0 aromatic rings. The third kappa shape index (κ3) is 5.49. The van der Waals surface area contributed by atoms with Crippen LogP contribution in [0.3, 0.4) is 0 Å². The lowest BCUT2D eigenvalue weighted by Gasteiger charge is -2.18. The number of hydrogen-bond donors (Lipinski definition) is 2. The Labute approximate surface area is 73.1 Å². The monoisotopic (exact) mass is 178 g/mol. The average molecular weight is 178 g/mol. The van der Waals surface area contributed by atoms with Crippen LogP contribution in [0.2, 0.25) is 0 Å². The molecule has 0 aromatic carbocycles. The molecule has 0 bridgehead atoms. The van der Waals surface area contributed by atoms with Gasteiger partial charge in [-0.1, -0.05) is 0 Å². The smallest absolute Gasteiger partial charge is 0.0833 e. The van der Waals surface area contributed by atoms with Gasteiger partial charge in [0.25, 0.3) is 0 Å². The Bertz CT molecular complexity index is 91.1. The summed E-state index contributed by atoms with van der Waals surface area (Å²) in [5.41, 5.74) is 0. The molecule has 0 saturated heterocycles. The topological polar surface area (TPSA) is 58.9 Å². The molecule has 0 rings (SSSR count). The van der Waals surface area contributed by atoms with Crippen LogP contribution in [0.15, 0.2) is 0 Å². The van der Waals surface area contributed by atoms with Crippen LogP contribution in [0.1, 0.15) is 13.3 Å². The molecule has 0 aromatic heterocycles. The number of ether oxygens (including phenoxy) is 2. The van der Waals surface area contributed by atoms with E-state index in [9.17, 15) is 0 Å². The van der Waals surface area contributed by atoms with Gasteiger partial charge in [0.05, 0.1) is 25.4 Å². The van der Waals surface area contributed by atoms with Gasteiger partial charge in [-0.15, -0.1) is 0 Å². The highest BCUT2D eigenvalue weighted by Gasteiger charge is 2.13. The zero-order valence-corrected chi connectivity index (χ0v) is 7.69. The zero-order valence-electron chi connectivity index (χ0n) is 7.69. The summed E-state index contributed by atoms with van der Waals surface area (Å²) in [6.45, 7) is 2.69. The molecule has 0 radical (unpaired) electrons. The van der Waals surface area contributed by atoms with Gasteiger partial charge in [0, 0.05) is 20.1 Å². The van der Waals surface area contributed by atoms with E-state index in [0.29, 0.717) is 19.6 Å². The van der Waals surface area contributed by atoms with Crippen molar-refractivity contribution in [3.63, 3.8) is 0 Å². The minimum absolute atomic E-state index is 0.123. The Kier molecular flexibility index (Phi) is 7.39. The number of aliphatic hydroxyl groups is 2. The molecule has 0 saturated carbocycles. The van der Waals surface area contributed by atoms with Gasteiger partial charge < -0.3 is 19.7 Å². The van der Waals surface area contributed by atoms with E-state index in [4.69, 9.17) is 19.7 Å². The minimum atomic E-state index is -0.711. The highest BCUT2D eigenvalue weighted by molar-refractivity contribution is 4.63. The molecule has 0 spiro atoms. The lowest BCUT2D eigenvalue weighted by atomic mass is 10.2. The lowest BCUT2D eigenvalue weighted by Crippen LogP contribution is -2.27. The number of methoxy groups -OCH3 is 1. The van der Waals surface area contributed by atoms with Crippen LogP contribution < -0.4 is 0 Å². The van der Waals surface area contributed by atoms with Crippen molar-refractivity contribution in [1.29, 1.82) is 0 Å². The van der Waals surface area contributed by atoms with Crippen LogP contribution in [0.25, 0.3) is 0 Å². The van der Waals surface area contributed by atoms with E-state index in [2.05, 4.69) is 0 Å². The van der Waals surface area contributed by atoms with Crippen molar-refractivity contribution in [2.24, 2.45) is 0 Å². The molecule has 2 atom stereocenters. The molecule has 0 aliphatic heterocycles. The van der Waals surface area contributed by atoms with Crippen molar-refractivity contribution < 1.29 is 19.7 Å². The summed E-state index contributed by atoms with van der Waals surface area (Å²) >= 11 is 0. The molecule has 0 aliphatic rings. The highest BCUT2D eigenvalue weighted by Crippen LogP contribution is 2.03. The van der Waals surface area contributed by atoms with Gasteiger partial charge in [-0.25, -0.2) is 0 Å². The summed E-state index contributed by atoms with van der Waals surface area (Å²) in [4.78, 5) is 0. The Morgan fingerprint density at radius 3 is 2.50 bits per heavy atom.